The minimum atomic E-state index is -0.330. The third-order valence-electron chi connectivity index (χ3n) is 4.14. The molecule has 3 aromatic rings. The molecule has 1 N–H and O–H groups in total. The first-order valence-electron chi connectivity index (χ1n) is 8.93. The first-order chi connectivity index (χ1) is 13.6. The fourth-order valence-corrected chi connectivity index (χ4v) is 3.24. The minimum Gasteiger partial charge on any atom is -0.460 e. The van der Waals surface area contributed by atoms with Gasteiger partial charge in [-0.25, -0.2) is 4.98 Å². The van der Waals surface area contributed by atoms with E-state index in [0.717, 1.165) is 6.42 Å². The Hall–Kier alpha value is -2.40. The summed E-state index contributed by atoms with van der Waals surface area (Å²) < 4.78 is 5.21. The Kier molecular flexibility index (Phi) is 7.43. The molecule has 0 spiro atoms. The molecule has 4 nitrogen and oxygen atoms in total. The molecular formula is C22H20Cl2N2O2. The van der Waals surface area contributed by atoms with Gasteiger partial charge in [-0.2, -0.15) is 0 Å². The van der Waals surface area contributed by atoms with Crippen molar-refractivity contribution in [2.45, 2.75) is 13.0 Å². The molecule has 0 atom stereocenters. The number of esters is 1. The Morgan fingerprint density at radius 3 is 2.21 bits per heavy atom. The normalized spacial score (nSPS) is 10.6. The Morgan fingerprint density at radius 2 is 1.54 bits per heavy atom. The lowest BCUT2D eigenvalue weighted by molar-refractivity contribution is -0.143. The van der Waals surface area contributed by atoms with Crippen LogP contribution in [0.4, 0.5) is 0 Å². The second-order valence-electron chi connectivity index (χ2n) is 6.27. The van der Waals surface area contributed by atoms with Crippen LogP contribution >= 0.6 is 23.2 Å². The molecule has 0 saturated carbocycles. The topological polar surface area (TPSA) is 51.2 Å². The van der Waals surface area contributed by atoms with Crippen LogP contribution in [0.2, 0.25) is 10.3 Å². The average molecular weight is 415 g/mol. The summed E-state index contributed by atoms with van der Waals surface area (Å²) in [6.45, 7) is 0.949. The van der Waals surface area contributed by atoms with Crippen LogP contribution in [0.1, 0.15) is 11.1 Å². The zero-order valence-corrected chi connectivity index (χ0v) is 16.7. The van der Waals surface area contributed by atoms with Crippen LogP contribution in [0.3, 0.4) is 0 Å². The van der Waals surface area contributed by atoms with Crippen LogP contribution in [-0.4, -0.2) is 24.0 Å². The number of ether oxygens (including phenoxy) is 1. The van der Waals surface area contributed by atoms with Crippen molar-refractivity contribution in [2.75, 3.05) is 13.1 Å². The van der Waals surface area contributed by atoms with Crippen LogP contribution < -0.4 is 5.32 Å². The van der Waals surface area contributed by atoms with Gasteiger partial charge in [-0.05, 0) is 47.4 Å². The summed E-state index contributed by atoms with van der Waals surface area (Å²) in [6, 6.07) is 21.9. The van der Waals surface area contributed by atoms with E-state index in [1.54, 1.807) is 12.1 Å². The number of hydrogen-bond acceptors (Lipinski definition) is 4. The molecule has 6 heteroatoms. The van der Waals surface area contributed by atoms with Gasteiger partial charge in [-0.1, -0.05) is 77.8 Å². The molecule has 0 radical (unpaired) electrons. The van der Waals surface area contributed by atoms with Gasteiger partial charge in [0.1, 0.15) is 16.9 Å². The number of carbonyl (C=O) groups excluding carboxylic acids is 1. The third kappa shape index (κ3) is 6.34. The van der Waals surface area contributed by atoms with E-state index in [1.165, 1.54) is 16.7 Å². The lowest BCUT2D eigenvalue weighted by atomic mass is 10.0. The van der Waals surface area contributed by atoms with E-state index in [4.69, 9.17) is 27.9 Å². The Balaban J connectivity index is 1.37. The Labute approximate surface area is 174 Å². The first-order valence-corrected chi connectivity index (χ1v) is 9.68. The molecule has 0 saturated heterocycles. The van der Waals surface area contributed by atoms with E-state index in [0.29, 0.717) is 12.1 Å². The zero-order chi connectivity index (χ0) is 19.8. The molecule has 0 amide bonds. The average Bonchev–Trinajstić information content (AvgIpc) is 2.70. The highest BCUT2D eigenvalue weighted by molar-refractivity contribution is 6.32. The predicted octanol–water partition coefficient (Wildman–Crippen LogP) is 4.93. The highest BCUT2D eigenvalue weighted by atomic mass is 35.5. The summed E-state index contributed by atoms with van der Waals surface area (Å²) in [7, 11) is 0. The fourth-order valence-electron chi connectivity index (χ4n) is 2.73. The van der Waals surface area contributed by atoms with E-state index in [1.807, 2.05) is 18.2 Å². The molecule has 3 rings (SSSR count). The summed E-state index contributed by atoms with van der Waals surface area (Å²) in [6.07, 6.45) is 0.831. The Morgan fingerprint density at radius 1 is 0.893 bits per heavy atom. The summed E-state index contributed by atoms with van der Waals surface area (Å²) in [5, 5.41) is 3.65. The molecule has 0 aliphatic heterocycles. The van der Waals surface area contributed by atoms with Gasteiger partial charge in [-0.3, -0.25) is 4.79 Å². The van der Waals surface area contributed by atoms with Crippen molar-refractivity contribution in [1.82, 2.24) is 10.3 Å². The maximum absolute atomic E-state index is 11.8. The van der Waals surface area contributed by atoms with Gasteiger partial charge < -0.3 is 10.1 Å². The minimum absolute atomic E-state index is 0.115. The molecule has 0 unspecified atom stereocenters. The summed E-state index contributed by atoms with van der Waals surface area (Å²) in [5.74, 6) is -0.330. The van der Waals surface area contributed by atoms with Crippen molar-refractivity contribution < 1.29 is 9.53 Å². The molecule has 2 aromatic carbocycles. The van der Waals surface area contributed by atoms with Crippen molar-refractivity contribution in [3.63, 3.8) is 0 Å². The number of halogens is 2. The molecule has 1 aromatic heterocycles. The van der Waals surface area contributed by atoms with Gasteiger partial charge in [0.2, 0.25) is 0 Å². The predicted molar refractivity (Wildman–Crippen MR) is 113 cm³/mol. The summed E-state index contributed by atoms with van der Waals surface area (Å²) in [5.41, 5.74) is 4.31. The van der Waals surface area contributed by atoms with Crippen molar-refractivity contribution in [1.29, 1.82) is 0 Å². The molecule has 0 fully saturated rings. The SMILES string of the molecule is O=C(CNCCc1ccc(-c2ccccc2)cc1)OCc1cc(Cl)nc(Cl)c1. The highest BCUT2D eigenvalue weighted by Gasteiger charge is 2.05. The van der Waals surface area contributed by atoms with Crippen LogP contribution in [0, 0.1) is 0 Å². The van der Waals surface area contributed by atoms with E-state index in [-0.39, 0.29) is 29.4 Å². The number of hydrogen-bond donors (Lipinski definition) is 1. The largest absolute Gasteiger partial charge is 0.460 e. The molecule has 0 aliphatic rings. The van der Waals surface area contributed by atoms with Crippen molar-refractivity contribution in [3.8, 4) is 11.1 Å². The third-order valence-corrected chi connectivity index (χ3v) is 4.53. The van der Waals surface area contributed by atoms with Crippen molar-refractivity contribution in [2.24, 2.45) is 0 Å². The summed E-state index contributed by atoms with van der Waals surface area (Å²) >= 11 is 11.6. The van der Waals surface area contributed by atoms with Crippen LogP contribution in [0.15, 0.2) is 66.7 Å². The molecule has 28 heavy (non-hydrogen) atoms. The lowest BCUT2D eigenvalue weighted by Gasteiger charge is -2.08. The molecule has 144 valence electrons. The number of nitrogens with zero attached hydrogens (tertiary/aromatic N) is 1. The highest BCUT2D eigenvalue weighted by Crippen LogP contribution is 2.19. The van der Waals surface area contributed by atoms with Crippen molar-refractivity contribution >= 4 is 29.2 Å². The number of benzene rings is 2. The quantitative estimate of drug-likeness (QED) is 0.322. The fraction of sp³-hybridized carbons (Fsp3) is 0.182. The number of carbonyl (C=O) groups is 1. The van der Waals surface area contributed by atoms with Gasteiger partial charge in [0.15, 0.2) is 0 Å². The number of pyridine rings is 1. The molecule has 0 aliphatic carbocycles. The standard InChI is InChI=1S/C22H20Cl2N2O2/c23-20-12-17(13-21(24)26-20)15-28-22(27)14-25-11-10-16-6-8-19(9-7-16)18-4-2-1-3-5-18/h1-9,12-13,25H,10-11,14-15H2. The maximum Gasteiger partial charge on any atom is 0.320 e. The second-order valence-corrected chi connectivity index (χ2v) is 7.05. The molecule has 0 bridgehead atoms. The monoisotopic (exact) mass is 414 g/mol. The zero-order valence-electron chi connectivity index (χ0n) is 15.2. The smallest absolute Gasteiger partial charge is 0.320 e. The molecular weight excluding hydrogens is 395 g/mol. The van der Waals surface area contributed by atoms with E-state index < -0.39 is 0 Å². The van der Waals surface area contributed by atoms with Gasteiger partial charge in [-0.15, -0.1) is 0 Å². The first kappa shape index (κ1) is 20.3. The van der Waals surface area contributed by atoms with E-state index in [9.17, 15) is 4.79 Å². The number of nitrogens with one attached hydrogen (secondary N) is 1. The van der Waals surface area contributed by atoms with Crippen LogP contribution in [0.5, 0.6) is 0 Å². The van der Waals surface area contributed by atoms with E-state index in [2.05, 4.69) is 46.7 Å². The maximum atomic E-state index is 11.8. The van der Waals surface area contributed by atoms with Gasteiger partial charge in [0, 0.05) is 0 Å². The van der Waals surface area contributed by atoms with E-state index >= 15 is 0 Å². The van der Waals surface area contributed by atoms with Gasteiger partial charge in [0.25, 0.3) is 0 Å². The van der Waals surface area contributed by atoms with Crippen molar-refractivity contribution in [3.05, 3.63) is 88.2 Å². The van der Waals surface area contributed by atoms with Gasteiger partial charge in [0.05, 0.1) is 6.54 Å². The lowest BCUT2D eigenvalue weighted by Crippen LogP contribution is -2.26. The Bertz CT molecular complexity index is 895. The summed E-state index contributed by atoms with van der Waals surface area (Å²) in [4.78, 5) is 15.7. The number of rotatable bonds is 8. The van der Waals surface area contributed by atoms with Crippen LogP contribution in [0.25, 0.3) is 11.1 Å². The second kappa shape index (κ2) is 10.2. The van der Waals surface area contributed by atoms with Gasteiger partial charge >= 0.3 is 5.97 Å². The molecule has 1 heterocycles. The number of aromatic nitrogens is 1. The van der Waals surface area contributed by atoms with Crippen LogP contribution in [-0.2, 0) is 22.6 Å².